The third-order valence-corrected chi connectivity index (χ3v) is 5.51. The number of hydrogen-bond acceptors (Lipinski definition) is 7. The van der Waals surface area contributed by atoms with Crippen LogP contribution in [-0.4, -0.2) is 35.1 Å². The van der Waals surface area contributed by atoms with Gasteiger partial charge in [0.2, 0.25) is 0 Å². The molecule has 0 atom stereocenters. The van der Waals surface area contributed by atoms with E-state index in [-0.39, 0.29) is 17.4 Å². The fourth-order valence-corrected chi connectivity index (χ4v) is 3.82. The second kappa shape index (κ2) is 9.20. The highest BCUT2D eigenvalue weighted by Gasteiger charge is 2.07. The zero-order valence-corrected chi connectivity index (χ0v) is 16.1. The van der Waals surface area contributed by atoms with Gasteiger partial charge in [-0.15, -0.1) is 11.3 Å². The van der Waals surface area contributed by atoms with Gasteiger partial charge in [-0.2, -0.15) is 5.10 Å². The number of nitrogens with zero attached hydrogens (tertiary/aromatic N) is 2. The first-order valence-electron chi connectivity index (χ1n) is 7.98. The van der Waals surface area contributed by atoms with Crippen LogP contribution < -0.4 is 10.2 Å². The molecule has 138 valence electrons. The first-order chi connectivity index (χ1) is 13.2. The Morgan fingerprint density at radius 3 is 2.89 bits per heavy atom. The van der Waals surface area contributed by atoms with Crippen LogP contribution in [0, 0.1) is 0 Å². The number of hydrazone groups is 1. The molecule has 6 nitrogen and oxygen atoms in total. The molecule has 3 rings (SSSR count). The molecule has 2 aromatic carbocycles. The normalized spacial score (nSPS) is 10.9. The SMILES string of the molecule is COc1ccc(/C=N/NC(=O)CSc2nc(-c3ccccc3)cs2)cc1O. The molecule has 0 aliphatic carbocycles. The molecule has 0 saturated carbocycles. The van der Waals surface area contributed by atoms with E-state index < -0.39 is 0 Å². The van der Waals surface area contributed by atoms with Gasteiger partial charge in [-0.05, 0) is 23.8 Å². The van der Waals surface area contributed by atoms with Crippen molar-refractivity contribution in [3.63, 3.8) is 0 Å². The number of phenolic OH excluding ortho intramolecular Hbond substituents is 1. The predicted octanol–water partition coefficient (Wildman–Crippen LogP) is 3.77. The van der Waals surface area contributed by atoms with Gasteiger partial charge in [-0.3, -0.25) is 4.79 Å². The minimum Gasteiger partial charge on any atom is -0.504 e. The Kier molecular flexibility index (Phi) is 6.45. The van der Waals surface area contributed by atoms with Gasteiger partial charge in [0.15, 0.2) is 15.8 Å². The third-order valence-electron chi connectivity index (χ3n) is 3.49. The molecule has 27 heavy (non-hydrogen) atoms. The average molecular weight is 399 g/mol. The molecular formula is C19H17N3O3S2. The number of aromatic hydroxyl groups is 1. The smallest absolute Gasteiger partial charge is 0.250 e. The van der Waals surface area contributed by atoms with Crippen molar-refractivity contribution in [2.24, 2.45) is 5.10 Å². The summed E-state index contributed by atoms with van der Waals surface area (Å²) >= 11 is 2.87. The summed E-state index contributed by atoms with van der Waals surface area (Å²) in [4.78, 5) is 16.4. The molecule has 0 saturated heterocycles. The lowest BCUT2D eigenvalue weighted by Crippen LogP contribution is -2.19. The van der Waals surface area contributed by atoms with E-state index in [4.69, 9.17) is 4.74 Å². The molecule has 1 amide bonds. The number of rotatable bonds is 7. The second-order valence-electron chi connectivity index (χ2n) is 5.38. The van der Waals surface area contributed by atoms with E-state index in [0.717, 1.165) is 15.6 Å². The lowest BCUT2D eigenvalue weighted by Gasteiger charge is -2.03. The van der Waals surface area contributed by atoms with Crippen LogP contribution in [0.5, 0.6) is 11.5 Å². The molecule has 1 aromatic heterocycles. The van der Waals surface area contributed by atoms with Gasteiger partial charge in [-0.25, -0.2) is 10.4 Å². The van der Waals surface area contributed by atoms with Crippen LogP contribution in [0.25, 0.3) is 11.3 Å². The van der Waals surface area contributed by atoms with Crippen molar-refractivity contribution in [1.82, 2.24) is 10.4 Å². The van der Waals surface area contributed by atoms with Gasteiger partial charge < -0.3 is 9.84 Å². The first-order valence-corrected chi connectivity index (χ1v) is 9.85. The van der Waals surface area contributed by atoms with Crippen molar-refractivity contribution in [2.75, 3.05) is 12.9 Å². The number of methoxy groups -OCH3 is 1. The third kappa shape index (κ3) is 5.32. The highest BCUT2D eigenvalue weighted by atomic mass is 32.2. The Bertz CT molecular complexity index is 942. The predicted molar refractivity (Wildman–Crippen MR) is 109 cm³/mol. The number of hydrogen-bond donors (Lipinski definition) is 2. The fraction of sp³-hybridized carbons (Fsp3) is 0.105. The summed E-state index contributed by atoms with van der Waals surface area (Å²) in [5, 5.41) is 15.6. The highest BCUT2D eigenvalue weighted by Crippen LogP contribution is 2.28. The highest BCUT2D eigenvalue weighted by molar-refractivity contribution is 8.01. The molecule has 1 heterocycles. The van der Waals surface area contributed by atoms with E-state index in [0.29, 0.717) is 11.3 Å². The van der Waals surface area contributed by atoms with Crippen LogP contribution in [0.3, 0.4) is 0 Å². The lowest BCUT2D eigenvalue weighted by molar-refractivity contribution is -0.118. The van der Waals surface area contributed by atoms with Gasteiger partial charge >= 0.3 is 0 Å². The van der Waals surface area contributed by atoms with E-state index in [1.54, 1.807) is 12.1 Å². The monoisotopic (exact) mass is 399 g/mol. The Labute approximate surface area is 164 Å². The summed E-state index contributed by atoms with van der Waals surface area (Å²) in [5.74, 6) is 0.380. The summed E-state index contributed by atoms with van der Waals surface area (Å²) < 4.78 is 5.80. The number of ether oxygens (including phenoxy) is 1. The standard InChI is InChI=1S/C19H17N3O3S2/c1-25-17-8-7-13(9-16(17)23)10-20-22-18(24)12-27-19-21-15(11-26-19)14-5-3-2-4-6-14/h2-11,23H,12H2,1H3,(H,22,24)/b20-10+. The summed E-state index contributed by atoms with van der Waals surface area (Å²) in [6.45, 7) is 0. The number of carbonyl (C=O) groups is 1. The molecule has 2 N–H and O–H groups in total. The van der Waals surface area contributed by atoms with Crippen molar-refractivity contribution in [2.45, 2.75) is 4.34 Å². The molecular weight excluding hydrogens is 382 g/mol. The van der Waals surface area contributed by atoms with Crippen LogP contribution in [0.2, 0.25) is 0 Å². The summed E-state index contributed by atoms with van der Waals surface area (Å²) in [7, 11) is 1.48. The number of thioether (sulfide) groups is 1. The number of nitrogens with one attached hydrogen (secondary N) is 1. The fourth-order valence-electron chi connectivity index (χ4n) is 2.19. The van der Waals surface area contributed by atoms with E-state index in [9.17, 15) is 9.90 Å². The summed E-state index contributed by atoms with van der Waals surface area (Å²) in [6.07, 6.45) is 1.46. The quantitative estimate of drug-likeness (QED) is 0.359. The Morgan fingerprint density at radius 2 is 2.15 bits per heavy atom. The topological polar surface area (TPSA) is 83.8 Å². The van der Waals surface area contributed by atoms with Gasteiger partial charge in [0.25, 0.3) is 5.91 Å². The van der Waals surface area contributed by atoms with E-state index >= 15 is 0 Å². The minimum atomic E-state index is -0.231. The number of thiazole rings is 1. The maximum atomic E-state index is 11.9. The number of aromatic nitrogens is 1. The lowest BCUT2D eigenvalue weighted by atomic mass is 10.2. The van der Waals surface area contributed by atoms with Crippen molar-refractivity contribution in [3.8, 4) is 22.8 Å². The summed E-state index contributed by atoms with van der Waals surface area (Å²) in [6, 6.07) is 14.8. The van der Waals surface area contributed by atoms with Crippen molar-refractivity contribution >= 4 is 35.2 Å². The van der Waals surface area contributed by atoms with E-state index in [1.165, 1.54) is 42.5 Å². The minimum absolute atomic E-state index is 0.0151. The molecule has 0 aliphatic rings. The van der Waals surface area contributed by atoms with Crippen molar-refractivity contribution in [3.05, 3.63) is 59.5 Å². The van der Waals surface area contributed by atoms with Crippen LogP contribution in [-0.2, 0) is 4.79 Å². The Balaban J connectivity index is 1.49. The van der Waals surface area contributed by atoms with Gasteiger partial charge in [0, 0.05) is 10.9 Å². The van der Waals surface area contributed by atoms with Crippen molar-refractivity contribution < 1.29 is 14.6 Å². The maximum absolute atomic E-state index is 11.9. The zero-order chi connectivity index (χ0) is 19.1. The summed E-state index contributed by atoms with van der Waals surface area (Å²) in [5.41, 5.74) is 5.07. The second-order valence-corrected chi connectivity index (χ2v) is 7.46. The largest absolute Gasteiger partial charge is 0.504 e. The molecule has 0 radical (unpaired) electrons. The van der Waals surface area contributed by atoms with Gasteiger partial charge in [-0.1, -0.05) is 42.1 Å². The maximum Gasteiger partial charge on any atom is 0.250 e. The molecule has 0 fully saturated rings. The Morgan fingerprint density at radius 1 is 1.33 bits per heavy atom. The zero-order valence-electron chi connectivity index (χ0n) is 14.5. The van der Waals surface area contributed by atoms with Gasteiger partial charge in [0.05, 0.1) is 24.8 Å². The van der Waals surface area contributed by atoms with Crippen LogP contribution in [0.4, 0.5) is 0 Å². The van der Waals surface area contributed by atoms with Crippen molar-refractivity contribution in [1.29, 1.82) is 0 Å². The van der Waals surface area contributed by atoms with Crippen LogP contribution in [0.1, 0.15) is 5.56 Å². The number of phenols is 1. The molecule has 3 aromatic rings. The van der Waals surface area contributed by atoms with Crippen LogP contribution in [0.15, 0.2) is 63.4 Å². The molecule has 0 bridgehead atoms. The van der Waals surface area contributed by atoms with Crippen LogP contribution >= 0.6 is 23.1 Å². The first kappa shape index (κ1) is 18.9. The Hall–Kier alpha value is -2.84. The molecule has 8 heteroatoms. The number of carbonyl (C=O) groups excluding carboxylic acids is 1. The number of amides is 1. The molecule has 0 unspecified atom stereocenters. The molecule has 0 aliphatic heterocycles. The number of benzene rings is 2. The average Bonchev–Trinajstić information content (AvgIpc) is 3.16. The van der Waals surface area contributed by atoms with E-state index in [1.807, 2.05) is 35.7 Å². The van der Waals surface area contributed by atoms with E-state index in [2.05, 4.69) is 15.5 Å². The molecule has 0 spiro atoms. The van der Waals surface area contributed by atoms with Gasteiger partial charge in [0.1, 0.15) is 0 Å².